The van der Waals surface area contributed by atoms with Gasteiger partial charge in [0, 0.05) is 11.6 Å². The van der Waals surface area contributed by atoms with Crippen LogP contribution >= 0.6 is 0 Å². The van der Waals surface area contributed by atoms with E-state index in [0.717, 1.165) is 5.56 Å². The molecule has 1 rings (SSSR count). The van der Waals surface area contributed by atoms with E-state index < -0.39 is 9.93 Å². The molecule has 0 saturated carbocycles. The van der Waals surface area contributed by atoms with Gasteiger partial charge in [-0.05, 0) is 12.5 Å². The maximum atomic E-state index is 11.9. The zero-order chi connectivity index (χ0) is 13.6. The third-order valence-electron chi connectivity index (χ3n) is 2.09. The third-order valence-corrected chi connectivity index (χ3v) is 2.91. The molecule has 98 valence electrons. The quantitative estimate of drug-likeness (QED) is 0.506. The number of allylic oxidation sites excluding steroid dienone is 2. The molecule has 3 nitrogen and oxygen atoms in total. The van der Waals surface area contributed by atoms with Gasteiger partial charge in [-0.25, -0.2) is 0 Å². The molecule has 1 aromatic carbocycles. The minimum Gasteiger partial charge on any atom is -0.481 e. The molecule has 4 heteroatoms. The second-order valence-electron chi connectivity index (χ2n) is 4.16. The number of benzene rings is 1. The number of aliphatic hydroxyl groups excluding tert-OH is 1. The summed E-state index contributed by atoms with van der Waals surface area (Å²) in [5.74, 6) is -0.170. The van der Waals surface area contributed by atoms with Gasteiger partial charge in [0.1, 0.15) is 27.9 Å². The van der Waals surface area contributed by atoms with Gasteiger partial charge in [-0.3, -0.25) is 0 Å². The van der Waals surface area contributed by atoms with E-state index in [2.05, 4.69) is 0 Å². The van der Waals surface area contributed by atoms with Crippen LogP contribution in [0.3, 0.4) is 0 Å². The van der Waals surface area contributed by atoms with Crippen LogP contribution in [0.15, 0.2) is 47.8 Å². The Labute approximate surface area is 109 Å². The third kappa shape index (κ3) is 5.19. The normalized spacial score (nSPS) is 13.5. The molecule has 0 unspecified atom stereocenters. The molecule has 0 atom stereocenters. The lowest BCUT2D eigenvalue weighted by Crippen LogP contribution is -2.01. The van der Waals surface area contributed by atoms with Crippen LogP contribution in [-0.4, -0.2) is 24.2 Å². The molecule has 0 saturated heterocycles. The van der Waals surface area contributed by atoms with E-state index in [4.69, 9.17) is 4.74 Å². The second-order valence-corrected chi connectivity index (χ2v) is 7.02. The van der Waals surface area contributed by atoms with Crippen molar-refractivity contribution < 1.29 is 14.1 Å². The Balaban J connectivity index is 3.17. The van der Waals surface area contributed by atoms with E-state index >= 15 is 0 Å². The smallest absolute Gasteiger partial charge is 0.277 e. The number of hydrogen-bond acceptors (Lipinski definition) is 3. The first-order chi connectivity index (χ1) is 8.42. The van der Waals surface area contributed by atoms with Crippen molar-refractivity contribution >= 4 is 15.5 Å². The van der Waals surface area contributed by atoms with Gasteiger partial charge in [0.15, 0.2) is 0 Å². The molecule has 0 spiro atoms. The Hall–Kier alpha value is -1.55. The lowest BCUT2D eigenvalue weighted by atomic mass is 10.1. The Bertz CT molecular complexity index is 483. The van der Waals surface area contributed by atoms with Gasteiger partial charge >= 0.3 is 0 Å². The van der Waals surface area contributed by atoms with Crippen LogP contribution in [0.4, 0.5) is 0 Å². The molecule has 0 fully saturated rings. The highest BCUT2D eigenvalue weighted by atomic mass is 32.2. The van der Waals surface area contributed by atoms with Crippen LogP contribution in [0.2, 0.25) is 0 Å². The summed E-state index contributed by atoms with van der Waals surface area (Å²) in [7, 11) is -2.06. The fourth-order valence-corrected chi connectivity index (χ4v) is 2.26. The SMILES string of the molecule is CCO/C(O)=C/C(=C\[S+](C)(C)=O)c1ccccc1. The molecular formula is C14H19O3S+. The predicted octanol–water partition coefficient (Wildman–Crippen LogP) is 3.22. The largest absolute Gasteiger partial charge is 0.481 e. The average Bonchev–Trinajstić information content (AvgIpc) is 2.28. The summed E-state index contributed by atoms with van der Waals surface area (Å²) in [6.45, 7) is 2.18. The van der Waals surface area contributed by atoms with E-state index in [0.29, 0.717) is 12.2 Å². The first-order valence-electron chi connectivity index (χ1n) is 5.67. The molecule has 0 aromatic heterocycles. The van der Waals surface area contributed by atoms with Crippen LogP contribution in [0, 0.1) is 0 Å². The molecule has 0 amide bonds. The lowest BCUT2D eigenvalue weighted by Gasteiger charge is -2.04. The zero-order valence-electron chi connectivity index (χ0n) is 10.9. The lowest BCUT2D eigenvalue weighted by molar-refractivity contribution is 0.103. The maximum absolute atomic E-state index is 11.9. The van der Waals surface area contributed by atoms with Crippen LogP contribution in [0.1, 0.15) is 12.5 Å². The molecule has 0 aliphatic rings. The van der Waals surface area contributed by atoms with E-state index in [1.165, 1.54) is 6.08 Å². The van der Waals surface area contributed by atoms with Gasteiger partial charge in [-0.15, -0.1) is 4.21 Å². The van der Waals surface area contributed by atoms with E-state index in [1.807, 2.05) is 30.3 Å². The fraction of sp³-hybridized carbons (Fsp3) is 0.286. The minimum absolute atomic E-state index is 0.170. The van der Waals surface area contributed by atoms with Gasteiger partial charge in [-0.2, -0.15) is 0 Å². The Morgan fingerprint density at radius 3 is 2.44 bits per heavy atom. The molecule has 0 radical (unpaired) electrons. The molecule has 0 bridgehead atoms. The summed E-state index contributed by atoms with van der Waals surface area (Å²) in [6, 6.07) is 9.48. The Morgan fingerprint density at radius 2 is 1.94 bits per heavy atom. The van der Waals surface area contributed by atoms with Gasteiger partial charge in [0.2, 0.25) is 0 Å². The van der Waals surface area contributed by atoms with Crippen molar-refractivity contribution in [2.75, 3.05) is 19.1 Å². The van der Waals surface area contributed by atoms with E-state index in [9.17, 15) is 9.32 Å². The van der Waals surface area contributed by atoms with Gasteiger partial charge in [0.05, 0.1) is 6.61 Å². The van der Waals surface area contributed by atoms with Gasteiger partial charge < -0.3 is 9.84 Å². The molecule has 0 aliphatic carbocycles. The summed E-state index contributed by atoms with van der Waals surface area (Å²) < 4.78 is 16.9. The van der Waals surface area contributed by atoms with Gasteiger partial charge in [-0.1, -0.05) is 30.3 Å². The van der Waals surface area contributed by atoms with E-state index in [1.54, 1.807) is 24.8 Å². The number of hydrogen-bond donors (Lipinski definition) is 1. The fourth-order valence-electron chi connectivity index (χ4n) is 1.44. The highest BCUT2D eigenvalue weighted by Gasteiger charge is 2.12. The molecular weight excluding hydrogens is 248 g/mol. The second kappa shape index (κ2) is 6.40. The van der Waals surface area contributed by atoms with Crippen molar-refractivity contribution in [1.29, 1.82) is 0 Å². The Morgan fingerprint density at radius 1 is 1.33 bits per heavy atom. The summed E-state index contributed by atoms with van der Waals surface area (Å²) >= 11 is 0. The topological polar surface area (TPSA) is 46.5 Å². The summed E-state index contributed by atoms with van der Waals surface area (Å²) in [4.78, 5) is 0. The monoisotopic (exact) mass is 267 g/mol. The van der Waals surface area contributed by atoms with Crippen LogP contribution < -0.4 is 0 Å². The van der Waals surface area contributed by atoms with Crippen LogP contribution in [-0.2, 0) is 18.9 Å². The van der Waals surface area contributed by atoms with Crippen molar-refractivity contribution in [3.63, 3.8) is 0 Å². The van der Waals surface area contributed by atoms with Crippen molar-refractivity contribution in [3.05, 3.63) is 53.3 Å². The van der Waals surface area contributed by atoms with Crippen molar-refractivity contribution in [1.82, 2.24) is 0 Å². The minimum atomic E-state index is -2.06. The maximum Gasteiger partial charge on any atom is 0.277 e. The summed E-state index contributed by atoms with van der Waals surface area (Å²) in [5.41, 5.74) is 1.58. The summed E-state index contributed by atoms with van der Waals surface area (Å²) in [5, 5.41) is 11.2. The van der Waals surface area contributed by atoms with Crippen LogP contribution in [0.25, 0.3) is 5.57 Å². The standard InChI is InChI=1S/C14H18O3S/c1-4-17-14(15)10-13(11-18(2,3)16)12-8-6-5-7-9-12/h5-11H,4H2,1-3H3/p+1. The predicted molar refractivity (Wildman–Crippen MR) is 76.7 cm³/mol. The molecule has 0 aliphatic heterocycles. The average molecular weight is 267 g/mol. The molecule has 0 heterocycles. The number of aliphatic hydroxyl groups is 1. The number of ether oxygens (including phenoxy) is 1. The van der Waals surface area contributed by atoms with Crippen molar-refractivity contribution in [2.24, 2.45) is 0 Å². The molecule has 1 N–H and O–H groups in total. The first-order valence-corrected chi connectivity index (χ1v) is 8.11. The molecule has 1 aromatic rings. The highest BCUT2D eigenvalue weighted by Crippen LogP contribution is 2.20. The number of rotatable bonds is 5. The van der Waals surface area contributed by atoms with Crippen molar-refractivity contribution in [3.8, 4) is 0 Å². The van der Waals surface area contributed by atoms with Gasteiger partial charge in [0.25, 0.3) is 5.95 Å². The summed E-state index contributed by atoms with van der Waals surface area (Å²) in [6.07, 6.45) is 4.80. The highest BCUT2D eigenvalue weighted by molar-refractivity contribution is 8.04. The van der Waals surface area contributed by atoms with E-state index in [-0.39, 0.29) is 5.95 Å². The first kappa shape index (κ1) is 14.5. The van der Waals surface area contributed by atoms with Crippen LogP contribution in [0.5, 0.6) is 0 Å². The Kier molecular flexibility index (Phi) is 5.16. The van der Waals surface area contributed by atoms with Crippen molar-refractivity contribution in [2.45, 2.75) is 6.92 Å². The zero-order valence-corrected chi connectivity index (χ0v) is 11.7. The molecule has 18 heavy (non-hydrogen) atoms.